The molecule has 0 amide bonds. The lowest BCUT2D eigenvalue weighted by Gasteiger charge is -2.10. The van der Waals surface area contributed by atoms with Crippen LogP contribution in [0.4, 0.5) is 8.78 Å². The number of aliphatic hydroxyl groups excluding tert-OH is 1. The van der Waals surface area contributed by atoms with Gasteiger partial charge in [0, 0.05) is 10.0 Å². The Labute approximate surface area is 111 Å². The first-order valence-corrected chi connectivity index (χ1v) is 5.91. The smallest absolute Gasteiger partial charge is 0.166 e. The van der Waals surface area contributed by atoms with Crippen LogP contribution in [-0.4, -0.2) is 5.11 Å². The highest BCUT2D eigenvalue weighted by molar-refractivity contribution is 9.10. The van der Waals surface area contributed by atoms with Crippen molar-refractivity contribution < 1.29 is 18.6 Å². The first-order valence-electron chi connectivity index (χ1n) is 5.12. The summed E-state index contributed by atoms with van der Waals surface area (Å²) < 4.78 is 32.4. The van der Waals surface area contributed by atoms with Crippen molar-refractivity contribution in [1.29, 1.82) is 0 Å². The summed E-state index contributed by atoms with van der Waals surface area (Å²) in [5.74, 6) is -0.792. The highest BCUT2D eigenvalue weighted by atomic mass is 79.9. The van der Waals surface area contributed by atoms with Crippen molar-refractivity contribution in [3.8, 4) is 11.5 Å². The second-order valence-electron chi connectivity index (χ2n) is 3.59. The van der Waals surface area contributed by atoms with Gasteiger partial charge in [0.15, 0.2) is 11.6 Å². The molecule has 0 atom stereocenters. The Bertz CT molecular complexity index is 573. The van der Waals surface area contributed by atoms with Crippen molar-refractivity contribution in [2.24, 2.45) is 0 Å². The van der Waals surface area contributed by atoms with Gasteiger partial charge in [0.05, 0.1) is 6.61 Å². The van der Waals surface area contributed by atoms with Crippen LogP contribution in [0.3, 0.4) is 0 Å². The Morgan fingerprint density at radius 2 is 1.78 bits per heavy atom. The average molecular weight is 315 g/mol. The number of benzene rings is 2. The van der Waals surface area contributed by atoms with E-state index in [2.05, 4.69) is 15.9 Å². The Morgan fingerprint density at radius 1 is 1.06 bits per heavy atom. The van der Waals surface area contributed by atoms with Gasteiger partial charge >= 0.3 is 0 Å². The van der Waals surface area contributed by atoms with Crippen LogP contribution in [0.25, 0.3) is 0 Å². The maximum absolute atomic E-state index is 13.6. The number of ether oxygens (including phenoxy) is 1. The summed E-state index contributed by atoms with van der Waals surface area (Å²) in [7, 11) is 0. The Hall–Kier alpha value is -1.46. The molecule has 94 valence electrons. The molecule has 2 rings (SSSR count). The minimum atomic E-state index is -0.544. The maximum atomic E-state index is 13.6. The predicted octanol–water partition coefficient (Wildman–Crippen LogP) is 4.01. The van der Waals surface area contributed by atoms with Crippen LogP contribution < -0.4 is 4.74 Å². The third-order valence-corrected chi connectivity index (χ3v) is 2.80. The monoisotopic (exact) mass is 314 g/mol. The molecule has 0 aromatic heterocycles. The van der Waals surface area contributed by atoms with E-state index in [0.717, 1.165) is 6.07 Å². The van der Waals surface area contributed by atoms with E-state index in [-0.39, 0.29) is 23.7 Å². The van der Waals surface area contributed by atoms with E-state index in [1.54, 1.807) is 6.07 Å². The Balaban J connectivity index is 2.33. The van der Waals surface area contributed by atoms with Gasteiger partial charge in [0.25, 0.3) is 0 Å². The van der Waals surface area contributed by atoms with Crippen molar-refractivity contribution in [3.63, 3.8) is 0 Å². The molecule has 0 heterocycles. The number of hydrogen-bond donors (Lipinski definition) is 1. The Morgan fingerprint density at radius 3 is 2.44 bits per heavy atom. The molecule has 0 unspecified atom stereocenters. The highest BCUT2D eigenvalue weighted by Gasteiger charge is 2.09. The molecule has 2 aromatic carbocycles. The minimum Gasteiger partial charge on any atom is -0.454 e. The second kappa shape index (κ2) is 5.46. The Kier molecular flexibility index (Phi) is 3.93. The van der Waals surface area contributed by atoms with E-state index < -0.39 is 11.6 Å². The predicted molar refractivity (Wildman–Crippen MR) is 66.5 cm³/mol. The molecule has 0 aliphatic carbocycles. The first kappa shape index (κ1) is 13.0. The summed E-state index contributed by atoms with van der Waals surface area (Å²) in [4.78, 5) is 0. The molecule has 0 fully saturated rings. The van der Waals surface area contributed by atoms with Gasteiger partial charge in [-0.15, -0.1) is 0 Å². The van der Waals surface area contributed by atoms with Crippen molar-refractivity contribution in [2.45, 2.75) is 6.61 Å². The van der Waals surface area contributed by atoms with Crippen LogP contribution in [0.15, 0.2) is 40.9 Å². The first-order chi connectivity index (χ1) is 8.60. The summed E-state index contributed by atoms with van der Waals surface area (Å²) in [6.07, 6.45) is 0. The lowest BCUT2D eigenvalue weighted by Crippen LogP contribution is -1.94. The van der Waals surface area contributed by atoms with E-state index in [4.69, 9.17) is 9.84 Å². The molecule has 0 aliphatic rings. The van der Waals surface area contributed by atoms with Gasteiger partial charge in [-0.05, 0) is 36.4 Å². The topological polar surface area (TPSA) is 29.5 Å². The van der Waals surface area contributed by atoms with E-state index in [1.807, 2.05) is 0 Å². The van der Waals surface area contributed by atoms with Crippen LogP contribution >= 0.6 is 15.9 Å². The zero-order valence-electron chi connectivity index (χ0n) is 9.16. The summed E-state index contributed by atoms with van der Waals surface area (Å²) in [6.45, 7) is -0.384. The molecular formula is C13H9BrF2O2. The molecule has 0 spiro atoms. The van der Waals surface area contributed by atoms with Gasteiger partial charge in [-0.3, -0.25) is 0 Å². The average Bonchev–Trinajstić information content (AvgIpc) is 2.34. The lowest BCUT2D eigenvalue weighted by molar-refractivity contribution is 0.275. The third-order valence-electron chi connectivity index (χ3n) is 2.31. The van der Waals surface area contributed by atoms with E-state index in [0.29, 0.717) is 4.47 Å². The fraction of sp³-hybridized carbons (Fsp3) is 0.0769. The van der Waals surface area contributed by atoms with E-state index >= 15 is 0 Å². The van der Waals surface area contributed by atoms with Crippen LogP contribution in [0, 0.1) is 11.6 Å². The highest BCUT2D eigenvalue weighted by Crippen LogP contribution is 2.29. The fourth-order valence-corrected chi connectivity index (χ4v) is 1.78. The van der Waals surface area contributed by atoms with E-state index in [1.165, 1.54) is 24.3 Å². The van der Waals surface area contributed by atoms with Gasteiger partial charge in [-0.2, -0.15) is 0 Å². The van der Waals surface area contributed by atoms with Crippen molar-refractivity contribution in [3.05, 3.63) is 58.1 Å². The summed E-state index contributed by atoms with van der Waals surface area (Å²) in [5, 5.41) is 9.09. The third kappa shape index (κ3) is 2.86. The minimum absolute atomic E-state index is 0.0134. The van der Waals surface area contributed by atoms with Crippen molar-refractivity contribution >= 4 is 15.9 Å². The molecule has 18 heavy (non-hydrogen) atoms. The zero-order chi connectivity index (χ0) is 13.1. The van der Waals surface area contributed by atoms with Crippen LogP contribution in [0.2, 0.25) is 0 Å². The molecule has 1 N–H and O–H groups in total. The van der Waals surface area contributed by atoms with E-state index in [9.17, 15) is 8.78 Å². The van der Waals surface area contributed by atoms with Crippen molar-refractivity contribution in [2.75, 3.05) is 0 Å². The van der Waals surface area contributed by atoms with Gasteiger partial charge < -0.3 is 9.84 Å². The fourth-order valence-electron chi connectivity index (χ4n) is 1.45. The molecule has 0 radical (unpaired) electrons. The number of halogens is 3. The quantitative estimate of drug-likeness (QED) is 0.927. The van der Waals surface area contributed by atoms with Gasteiger partial charge in [0.1, 0.15) is 11.6 Å². The standard InChI is InChI=1S/C13H9BrF2O2/c14-9-1-3-13(11(16)6-9)18-12-4-2-10(15)5-8(12)7-17/h1-6,17H,7H2. The molecule has 2 nitrogen and oxygen atoms in total. The number of aliphatic hydroxyl groups is 1. The molecule has 0 bridgehead atoms. The number of rotatable bonds is 3. The summed E-state index contributed by atoms with van der Waals surface area (Å²) in [6, 6.07) is 8.02. The van der Waals surface area contributed by atoms with Crippen LogP contribution in [0.1, 0.15) is 5.56 Å². The van der Waals surface area contributed by atoms with Crippen LogP contribution in [0.5, 0.6) is 11.5 Å². The summed E-state index contributed by atoms with van der Waals surface area (Å²) in [5.41, 5.74) is 0.261. The van der Waals surface area contributed by atoms with Gasteiger partial charge in [-0.1, -0.05) is 15.9 Å². The van der Waals surface area contributed by atoms with Gasteiger partial charge in [-0.25, -0.2) is 8.78 Å². The van der Waals surface area contributed by atoms with Gasteiger partial charge in [0.2, 0.25) is 0 Å². The zero-order valence-corrected chi connectivity index (χ0v) is 10.7. The number of hydrogen-bond acceptors (Lipinski definition) is 2. The largest absolute Gasteiger partial charge is 0.454 e. The lowest BCUT2D eigenvalue weighted by atomic mass is 10.2. The molecular weight excluding hydrogens is 306 g/mol. The second-order valence-corrected chi connectivity index (χ2v) is 4.50. The molecule has 0 aliphatic heterocycles. The normalized spacial score (nSPS) is 10.4. The summed E-state index contributed by atoms with van der Waals surface area (Å²) >= 11 is 3.13. The SMILES string of the molecule is OCc1cc(F)ccc1Oc1ccc(Br)cc1F. The van der Waals surface area contributed by atoms with Crippen molar-refractivity contribution in [1.82, 2.24) is 0 Å². The molecule has 0 saturated heterocycles. The molecule has 5 heteroatoms. The van der Waals surface area contributed by atoms with Crippen LogP contribution in [-0.2, 0) is 6.61 Å². The molecule has 2 aromatic rings. The molecule has 0 saturated carbocycles. The maximum Gasteiger partial charge on any atom is 0.166 e.